The minimum absolute atomic E-state index is 0.194. The molecule has 0 saturated heterocycles. The van der Waals surface area contributed by atoms with Crippen LogP contribution in [0.2, 0.25) is 0 Å². The van der Waals surface area contributed by atoms with Crippen molar-refractivity contribution in [2.24, 2.45) is 0 Å². The highest BCUT2D eigenvalue weighted by atomic mass is 19.1. The zero-order valence-corrected chi connectivity index (χ0v) is 10.2. The second-order valence-electron chi connectivity index (χ2n) is 5.00. The van der Waals surface area contributed by atoms with Gasteiger partial charge in [0.15, 0.2) is 0 Å². The Balaban J connectivity index is 1.84. The van der Waals surface area contributed by atoms with Gasteiger partial charge in [0.05, 0.1) is 6.10 Å². The van der Waals surface area contributed by atoms with Crippen molar-refractivity contribution in [2.75, 3.05) is 0 Å². The van der Waals surface area contributed by atoms with Crippen LogP contribution in [0.5, 0.6) is 0 Å². The summed E-state index contributed by atoms with van der Waals surface area (Å²) in [6, 6.07) is 7.15. The number of halogens is 1. The molecule has 0 heterocycles. The zero-order chi connectivity index (χ0) is 12.3. The van der Waals surface area contributed by atoms with Crippen LogP contribution in [0.25, 0.3) is 0 Å². The molecule has 0 radical (unpaired) electrons. The molecule has 1 aromatic carbocycles. The lowest BCUT2D eigenvalue weighted by atomic mass is 10.1. The molecule has 3 unspecified atom stereocenters. The molecular formula is C14H20FNO. The summed E-state index contributed by atoms with van der Waals surface area (Å²) in [6.45, 7) is 2.11. The number of benzene rings is 1. The summed E-state index contributed by atoms with van der Waals surface area (Å²) >= 11 is 0. The molecule has 3 heteroatoms. The molecule has 1 saturated carbocycles. The second-order valence-corrected chi connectivity index (χ2v) is 5.00. The molecule has 0 spiro atoms. The third kappa shape index (κ3) is 3.51. The largest absolute Gasteiger partial charge is 0.392 e. The van der Waals surface area contributed by atoms with E-state index in [0.29, 0.717) is 6.04 Å². The average Bonchev–Trinajstić information content (AvgIpc) is 2.68. The normalized spacial score (nSPS) is 26.1. The van der Waals surface area contributed by atoms with Gasteiger partial charge in [0, 0.05) is 12.1 Å². The Bertz CT molecular complexity index is 352. The lowest BCUT2D eigenvalue weighted by molar-refractivity contribution is 0.144. The van der Waals surface area contributed by atoms with E-state index in [1.165, 1.54) is 12.1 Å². The summed E-state index contributed by atoms with van der Waals surface area (Å²) in [4.78, 5) is 0. The fourth-order valence-electron chi connectivity index (χ4n) is 2.53. The topological polar surface area (TPSA) is 32.3 Å². The predicted octanol–water partition coefficient (Wildman–Crippen LogP) is 2.26. The Hall–Kier alpha value is -0.930. The smallest absolute Gasteiger partial charge is 0.123 e. The maximum atomic E-state index is 12.8. The number of aliphatic hydroxyl groups is 1. The number of rotatable bonds is 4. The average molecular weight is 237 g/mol. The maximum absolute atomic E-state index is 12.8. The minimum Gasteiger partial charge on any atom is -0.392 e. The number of hydrogen-bond acceptors (Lipinski definition) is 2. The third-order valence-electron chi connectivity index (χ3n) is 3.43. The van der Waals surface area contributed by atoms with E-state index in [0.717, 1.165) is 31.2 Å². The first-order chi connectivity index (χ1) is 8.15. The zero-order valence-electron chi connectivity index (χ0n) is 10.2. The first-order valence-corrected chi connectivity index (χ1v) is 6.33. The van der Waals surface area contributed by atoms with Gasteiger partial charge in [-0.15, -0.1) is 0 Å². The van der Waals surface area contributed by atoms with Gasteiger partial charge in [-0.25, -0.2) is 4.39 Å². The number of aliphatic hydroxyl groups excluding tert-OH is 1. The molecule has 0 bridgehead atoms. The van der Waals surface area contributed by atoms with Gasteiger partial charge in [-0.1, -0.05) is 12.1 Å². The summed E-state index contributed by atoms with van der Waals surface area (Å²) in [7, 11) is 0. The number of nitrogens with one attached hydrogen (secondary N) is 1. The van der Waals surface area contributed by atoms with Crippen molar-refractivity contribution in [1.29, 1.82) is 0 Å². The molecule has 3 atom stereocenters. The van der Waals surface area contributed by atoms with Gasteiger partial charge in [0.25, 0.3) is 0 Å². The summed E-state index contributed by atoms with van der Waals surface area (Å²) in [6.07, 6.45) is 3.72. The van der Waals surface area contributed by atoms with Crippen molar-refractivity contribution in [3.63, 3.8) is 0 Å². The van der Waals surface area contributed by atoms with Gasteiger partial charge in [0.1, 0.15) is 5.82 Å². The van der Waals surface area contributed by atoms with Crippen LogP contribution in [0, 0.1) is 5.82 Å². The van der Waals surface area contributed by atoms with Crippen molar-refractivity contribution in [3.05, 3.63) is 35.6 Å². The lowest BCUT2D eigenvalue weighted by Gasteiger charge is -2.22. The van der Waals surface area contributed by atoms with E-state index in [9.17, 15) is 9.50 Å². The van der Waals surface area contributed by atoms with Crippen molar-refractivity contribution in [2.45, 2.75) is 50.8 Å². The fraction of sp³-hybridized carbons (Fsp3) is 0.571. The number of hydrogen-bond donors (Lipinski definition) is 2. The van der Waals surface area contributed by atoms with Crippen molar-refractivity contribution >= 4 is 0 Å². The molecule has 2 nitrogen and oxygen atoms in total. The van der Waals surface area contributed by atoms with Gasteiger partial charge in [-0.05, 0) is 50.3 Å². The van der Waals surface area contributed by atoms with Crippen molar-refractivity contribution < 1.29 is 9.50 Å². The van der Waals surface area contributed by atoms with E-state index >= 15 is 0 Å². The van der Waals surface area contributed by atoms with Crippen LogP contribution >= 0.6 is 0 Å². The molecule has 2 N–H and O–H groups in total. The van der Waals surface area contributed by atoms with Gasteiger partial charge in [0.2, 0.25) is 0 Å². The quantitative estimate of drug-likeness (QED) is 0.842. The van der Waals surface area contributed by atoms with E-state index in [1.807, 2.05) is 12.1 Å². The molecule has 1 aliphatic rings. The standard InChI is InChI=1S/C14H20FNO/c1-10(16-13-3-2-4-14(13)17)9-11-5-7-12(15)8-6-11/h5-8,10,13-14,16-17H,2-4,9H2,1H3. The second kappa shape index (κ2) is 5.61. The van der Waals surface area contributed by atoms with E-state index in [4.69, 9.17) is 0 Å². The van der Waals surface area contributed by atoms with E-state index in [2.05, 4.69) is 12.2 Å². The maximum Gasteiger partial charge on any atom is 0.123 e. The lowest BCUT2D eigenvalue weighted by Crippen LogP contribution is -2.42. The molecule has 1 aliphatic carbocycles. The molecule has 1 aromatic rings. The van der Waals surface area contributed by atoms with Crippen LogP contribution in [-0.2, 0) is 6.42 Å². The Morgan fingerprint density at radius 3 is 2.65 bits per heavy atom. The predicted molar refractivity (Wildman–Crippen MR) is 66.3 cm³/mol. The molecule has 0 amide bonds. The van der Waals surface area contributed by atoms with E-state index < -0.39 is 0 Å². The SMILES string of the molecule is CC(Cc1ccc(F)cc1)NC1CCCC1O. The van der Waals surface area contributed by atoms with Crippen LogP contribution in [0.3, 0.4) is 0 Å². The van der Waals surface area contributed by atoms with Crippen LogP contribution in [0.15, 0.2) is 24.3 Å². The van der Waals surface area contributed by atoms with Crippen LogP contribution in [0.1, 0.15) is 31.7 Å². The van der Waals surface area contributed by atoms with Gasteiger partial charge < -0.3 is 10.4 Å². The summed E-state index contributed by atoms with van der Waals surface area (Å²) in [5, 5.41) is 13.2. The highest BCUT2D eigenvalue weighted by molar-refractivity contribution is 5.17. The molecular weight excluding hydrogens is 217 g/mol. The van der Waals surface area contributed by atoms with E-state index in [1.54, 1.807) is 0 Å². The molecule has 94 valence electrons. The Morgan fingerprint density at radius 2 is 2.06 bits per heavy atom. The molecule has 0 aromatic heterocycles. The van der Waals surface area contributed by atoms with Crippen molar-refractivity contribution in [1.82, 2.24) is 5.32 Å². The first kappa shape index (κ1) is 12.5. The highest BCUT2D eigenvalue weighted by Gasteiger charge is 2.25. The first-order valence-electron chi connectivity index (χ1n) is 6.33. The Labute approximate surface area is 102 Å². The van der Waals surface area contributed by atoms with Crippen LogP contribution in [0.4, 0.5) is 4.39 Å². The van der Waals surface area contributed by atoms with Crippen LogP contribution in [-0.4, -0.2) is 23.3 Å². The molecule has 0 aliphatic heterocycles. The Morgan fingerprint density at radius 1 is 1.35 bits per heavy atom. The molecule has 2 rings (SSSR count). The van der Waals surface area contributed by atoms with E-state index in [-0.39, 0.29) is 18.0 Å². The monoisotopic (exact) mass is 237 g/mol. The Kier molecular flexibility index (Phi) is 4.13. The van der Waals surface area contributed by atoms with Gasteiger partial charge in [-0.2, -0.15) is 0 Å². The highest BCUT2D eigenvalue weighted by Crippen LogP contribution is 2.19. The van der Waals surface area contributed by atoms with Gasteiger partial charge in [-0.3, -0.25) is 0 Å². The third-order valence-corrected chi connectivity index (χ3v) is 3.43. The van der Waals surface area contributed by atoms with Crippen molar-refractivity contribution in [3.8, 4) is 0 Å². The molecule has 1 fully saturated rings. The molecule has 17 heavy (non-hydrogen) atoms. The summed E-state index contributed by atoms with van der Waals surface area (Å²) in [5.74, 6) is -0.194. The van der Waals surface area contributed by atoms with Gasteiger partial charge >= 0.3 is 0 Å². The summed E-state index contributed by atoms with van der Waals surface area (Å²) < 4.78 is 12.8. The fourth-order valence-corrected chi connectivity index (χ4v) is 2.53. The van der Waals surface area contributed by atoms with Crippen LogP contribution < -0.4 is 5.32 Å². The summed E-state index contributed by atoms with van der Waals surface area (Å²) in [5.41, 5.74) is 1.12. The minimum atomic E-state index is -0.203.